The molecule has 24 heavy (non-hydrogen) atoms. The number of amides is 1. The number of carbonyl (C=O) groups is 1. The second kappa shape index (κ2) is 8.88. The molecular weight excluding hydrogens is 343 g/mol. The molecular formula is C19H20Cl2N2O. The van der Waals surface area contributed by atoms with E-state index in [9.17, 15) is 4.79 Å². The summed E-state index contributed by atoms with van der Waals surface area (Å²) in [5.74, 6) is -0.156. The van der Waals surface area contributed by atoms with Crippen LogP contribution in [0, 0.1) is 0 Å². The van der Waals surface area contributed by atoms with Gasteiger partial charge < -0.3 is 10.2 Å². The Morgan fingerprint density at radius 3 is 2.46 bits per heavy atom. The van der Waals surface area contributed by atoms with Crippen LogP contribution in [-0.2, 0) is 4.79 Å². The summed E-state index contributed by atoms with van der Waals surface area (Å²) in [5.41, 5.74) is 1.89. The molecule has 0 heterocycles. The Kier molecular flexibility index (Phi) is 6.85. The summed E-state index contributed by atoms with van der Waals surface area (Å²) >= 11 is 11.9. The van der Waals surface area contributed by atoms with Crippen molar-refractivity contribution in [3.05, 3.63) is 75.8 Å². The van der Waals surface area contributed by atoms with E-state index in [1.54, 1.807) is 18.2 Å². The van der Waals surface area contributed by atoms with Crippen LogP contribution in [0.3, 0.4) is 0 Å². The molecule has 1 amide bonds. The number of halogens is 2. The highest BCUT2D eigenvalue weighted by Gasteiger charge is 2.13. The Labute approximate surface area is 152 Å². The summed E-state index contributed by atoms with van der Waals surface area (Å²) in [6.07, 6.45) is 3.22. The molecule has 0 aliphatic carbocycles. The average Bonchev–Trinajstić information content (AvgIpc) is 2.56. The third-order valence-electron chi connectivity index (χ3n) is 3.44. The fourth-order valence-electron chi connectivity index (χ4n) is 2.29. The zero-order valence-electron chi connectivity index (χ0n) is 13.7. The molecule has 0 saturated carbocycles. The average molecular weight is 363 g/mol. The molecule has 0 radical (unpaired) electrons. The van der Waals surface area contributed by atoms with Crippen LogP contribution < -0.4 is 5.32 Å². The van der Waals surface area contributed by atoms with E-state index in [2.05, 4.69) is 5.32 Å². The predicted molar refractivity (Wildman–Crippen MR) is 101 cm³/mol. The predicted octanol–water partition coefficient (Wildman–Crippen LogP) is 4.43. The number of likely N-dealkylation sites (N-methyl/N-ethyl adjacent to an activating group) is 1. The number of hydrogen-bond acceptors (Lipinski definition) is 2. The van der Waals surface area contributed by atoms with Gasteiger partial charge in [-0.2, -0.15) is 0 Å². The van der Waals surface area contributed by atoms with Crippen molar-refractivity contribution in [1.29, 1.82) is 0 Å². The first-order valence-electron chi connectivity index (χ1n) is 7.59. The number of hydrogen-bond donors (Lipinski definition) is 1. The van der Waals surface area contributed by atoms with Gasteiger partial charge in [0.15, 0.2) is 0 Å². The van der Waals surface area contributed by atoms with Crippen LogP contribution in [0.25, 0.3) is 6.08 Å². The summed E-state index contributed by atoms with van der Waals surface area (Å²) in [7, 11) is 3.96. The van der Waals surface area contributed by atoms with E-state index >= 15 is 0 Å². The zero-order valence-corrected chi connectivity index (χ0v) is 15.2. The molecule has 126 valence electrons. The lowest BCUT2D eigenvalue weighted by atomic mass is 10.1. The molecule has 0 fully saturated rings. The summed E-state index contributed by atoms with van der Waals surface area (Å²) in [6.45, 7) is 0.719. The summed E-state index contributed by atoms with van der Waals surface area (Å²) in [5, 5.41) is 3.99. The fraction of sp³-hybridized carbons (Fsp3) is 0.211. The Balaban J connectivity index is 2.07. The van der Waals surface area contributed by atoms with Gasteiger partial charge >= 0.3 is 0 Å². The van der Waals surface area contributed by atoms with E-state index < -0.39 is 0 Å². The molecule has 2 aromatic carbocycles. The number of carbonyl (C=O) groups excluding carboxylic acids is 1. The third-order valence-corrected chi connectivity index (χ3v) is 4.18. The van der Waals surface area contributed by atoms with Crippen molar-refractivity contribution < 1.29 is 4.79 Å². The molecule has 2 aromatic rings. The SMILES string of the molecule is CN(C)C[C@@H](NC(=O)/C=C/c1ccc(Cl)c(Cl)c1)c1ccccc1. The Hall–Kier alpha value is -1.81. The largest absolute Gasteiger partial charge is 0.344 e. The molecule has 3 nitrogen and oxygen atoms in total. The first-order valence-corrected chi connectivity index (χ1v) is 8.34. The minimum absolute atomic E-state index is 0.0767. The Bertz CT molecular complexity index is 715. The van der Waals surface area contributed by atoms with Gasteiger partial charge in [-0.05, 0) is 43.4 Å². The van der Waals surface area contributed by atoms with E-state index in [1.807, 2.05) is 55.4 Å². The van der Waals surface area contributed by atoms with Crippen molar-refractivity contribution >= 4 is 35.2 Å². The van der Waals surface area contributed by atoms with E-state index in [-0.39, 0.29) is 11.9 Å². The molecule has 0 bridgehead atoms. The summed E-state index contributed by atoms with van der Waals surface area (Å²) in [6, 6.07) is 15.1. The highest BCUT2D eigenvalue weighted by atomic mass is 35.5. The van der Waals surface area contributed by atoms with Crippen molar-refractivity contribution in [3.8, 4) is 0 Å². The van der Waals surface area contributed by atoms with Gasteiger partial charge in [0, 0.05) is 12.6 Å². The van der Waals surface area contributed by atoms with Crippen molar-refractivity contribution in [3.63, 3.8) is 0 Å². The number of benzene rings is 2. The second-order valence-corrected chi connectivity index (χ2v) is 6.56. The highest BCUT2D eigenvalue weighted by Crippen LogP contribution is 2.23. The van der Waals surface area contributed by atoms with Crippen molar-refractivity contribution in [2.24, 2.45) is 0 Å². The normalized spacial score (nSPS) is 12.5. The first kappa shape index (κ1) is 18.5. The molecule has 0 saturated heterocycles. The van der Waals surface area contributed by atoms with Crippen molar-refractivity contribution in [2.45, 2.75) is 6.04 Å². The number of rotatable bonds is 6. The first-order chi connectivity index (χ1) is 11.5. The van der Waals surface area contributed by atoms with Gasteiger partial charge in [-0.1, -0.05) is 59.6 Å². The van der Waals surface area contributed by atoms with Crippen LogP contribution in [0.4, 0.5) is 0 Å². The van der Waals surface area contributed by atoms with Crippen LogP contribution >= 0.6 is 23.2 Å². The maximum Gasteiger partial charge on any atom is 0.244 e. The molecule has 1 N–H and O–H groups in total. The van der Waals surface area contributed by atoms with Gasteiger partial charge in [-0.15, -0.1) is 0 Å². The lowest BCUT2D eigenvalue weighted by Gasteiger charge is -2.22. The minimum atomic E-state index is -0.156. The van der Waals surface area contributed by atoms with Crippen LogP contribution in [0.5, 0.6) is 0 Å². The zero-order chi connectivity index (χ0) is 17.5. The van der Waals surface area contributed by atoms with E-state index in [0.717, 1.165) is 17.7 Å². The summed E-state index contributed by atoms with van der Waals surface area (Å²) in [4.78, 5) is 14.3. The molecule has 0 unspecified atom stereocenters. The lowest BCUT2D eigenvalue weighted by molar-refractivity contribution is -0.117. The molecule has 2 rings (SSSR count). The van der Waals surface area contributed by atoms with Crippen LogP contribution in [0.2, 0.25) is 10.0 Å². The van der Waals surface area contributed by atoms with Crippen LogP contribution in [0.15, 0.2) is 54.6 Å². The monoisotopic (exact) mass is 362 g/mol. The van der Waals surface area contributed by atoms with E-state index in [0.29, 0.717) is 10.0 Å². The van der Waals surface area contributed by atoms with Crippen LogP contribution in [-0.4, -0.2) is 31.4 Å². The van der Waals surface area contributed by atoms with Crippen LogP contribution in [0.1, 0.15) is 17.2 Å². The quantitative estimate of drug-likeness (QED) is 0.771. The lowest BCUT2D eigenvalue weighted by Crippen LogP contribution is -2.34. The van der Waals surface area contributed by atoms with Gasteiger partial charge in [0.2, 0.25) is 5.91 Å². The maximum absolute atomic E-state index is 12.3. The topological polar surface area (TPSA) is 32.3 Å². The van der Waals surface area contributed by atoms with Gasteiger partial charge in [-0.25, -0.2) is 0 Å². The fourth-order valence-corrected chi connectivity index (χ4v) is 2.60. The van der Waals surface area contributed by atoms with Crippen molar-refractivity contribution in [2.75, 3.05) is 20.6 Å². The minimum Gasteiger partial charge on any atom is -0.344 e. The molecule has 0 aromatic heterocycles. The van der Waals surface area contributed by atoms with E-state index in [4.69, 9.17) is 23.2 Å². The molecule has 0 spiro atoms. The van der Waals surface area contributed by atoms with Gasteiger partial charge in [0.05, 0.1) is 16.1 Å². The van der Waals surface area contributed by atoms with Gasteiger partial charge in [0.25, 0.3) is 0 Å². The Morgan fingerprint density at radius 1 is 1.12 bits per heavy atom. The standard InChI is InChI=1S/C19H20Cl2N2O/c1-23(2)13-18(15-6-4-3-5-7-15)22-19(24)11-9-14-8-10-16(20)17(21)12-14/h3-12,18H,13H2,1-2H3,(H,22,24)/b11-9+/t18-/m1/s1. The molecule has 0 aliphatic heterocycles. The molecule has 5 heteroatoms. The molecule has 0 aliphatic rings. The molecule has 1 atom stereocenters. The van der Waals surface area contributed by atoms with Crippen molar-refractivity contribution in [1.82, 2.24) is 10.2 Å². The Morgan fingerprint density at radius 2 is 1.83 bits per heavy atom. The number of nitrogens with zero attached hydrogens (tertiary/aromatic N) is 1. The second-order valence-electron chi connectivity index (χ2n) is 5.74. The number of nitrogens with one attached hydrogen (secondary N) is 1. The maximum atomic E-state index is 12.3. The third kappa shape index (κ3) is 5.68. The van der Waals surface area contributed by atoms with E-state index in [1.165, 1.54) is 6.08 Å². The van der Waals surface area contributed by atoms with Gasteiger partial charge in [0.1, 0.15) is 0 Å². The van der Waals surface area contributed by atoms with Gasteiger partial charge in [-0.3, -0.25) is 4.79 Å². The summed E-state index contributed by atoms with van der Waals surface area (Å²) < 4.78 is 0. The highest BCUT2D eigenvalue weighted by molar-refractivity contribution is 6.42. The smallest absolute Gasteiger partial charge is 0.244 e.